The van der Waals surface area contributed by atoms with Gasteiger partial charge in [-0.2, -0.15) is 0 Å². The highest BCUT2D eigenvalue weighted by Crippen LogP contribution is 2.13. The summed E-state index contributed by atoms with van der Waals surface area (Å²) in [6.07, 6.45) is 0. The molecule has 28 heavy (non-hydrogen) atoms. The summed E-state index contributed by atoms with van der Waals surface area (Å²) in [7, 11) is 1.61. The van der Waals surface area contributed by atoms with Crippen molar-refractivity contribution >= 4 is 17.5 Å². The normalized spacial score (nSPS) is 15.7. The third-order valence-corrected chi connectivity index (χ3v) is 5.18. The lowest BCUT2D eigenvalue weighted by atomic mass is 10.1. The molecule has 148 valence electrons. The lowest BCUT2D eigenvalue weighted by Crippen LogP contribution is -3.13. The van der Waals surface area contributed by atoms with Gasteiger partial charge in [-0.15, -0.1) is 0 Å². The van der Waals surface area contributed by atoms with Gasteiger partial charge in [0.15, 0.2) is 0 Å². The first-order chi connectivity index (χ1) is 13.6. The van der Waals surface area contributed by atoms with Crippen molar-refractivity contribution in [1.29, 1.82) is 0 Å². The van der Waals surface area contributed by atoms with E-state index in [1.165, 1.54) is 10.5 Å². The second kappa shape index (κ2) is 9.37. The number of hydrogen-bond acceptors (Lipinski definition) is 3. The number of piperazine rings is 1. The third kappa shape index (κ3) is 5.10. The minimum absolute atomic E-state index is 0.101. The smallest absolute Gasteiger partial charge is 0.251 e. The molecule has 1 aliphatic heterocycles. The minimum atomic E-state index is -0.337. The number of nitrogens with one attached hydrogen (secondary N) is 3. The Bertz CT molecular complexity index is 801. The molecule has 2 aromatic rings. The standard InChI is InChI=1S/C22H28N4O2/c1-17(24-20-10-6-9-19(15-20)21(27)23-2)22(28)26-13-11-25(12-14-26)16-18-7-4-3-5-8-18/h3-10,15,17,24H,11-14,16H2,1-2H3,(H,23,27)/p+1/t17-/m0/s1. The number of quaternary nitrogens is 1. The zero-order valence-electron chi connectivity index (χ0n) is 16.6. The van der Waals surface area contributed by atoms with Crippen LogP contribution in [0.15, 0.2) is 54.6 Å². The molecule has 6 heteroatoms. The first-order valence-corrected chi connectivity index (χ1v) is 9.82. The van der Waals surface area contributed by atoms with Crippen molar-refractivity contribution in [3.05, 3.63) is 65.7 Å². The van der Waals surface area contributed by atoms with Crippen LogP contribution in [0.2, 0.25) is 0 Å². The van der Waals surface area contributed by atoms with Crippen LogP contribution in [0, 0.1) is 0 Å². The van der Waals surface area contributed by atoms with E-state index in [1.807, 2.05) is 30.0 Å². The molecule has 3 N–H and O–H groups in total. The monoisotopic (exact) mass is 381 g/mol. The Kier molecular flexibility index (Phi) is 6.66. The third-order valence-electron chi connectivity index (χ3n) is 5.18. The highest BCUT2D eigenvalue weighted by atomic mass is 16.2. The summed E-state index contributed by atoms with van der Waals surface area (Å²) in [6.45, 7) is 6.33. The fourth-order valence-corrected chi connectivity index (χ4v) is 3.58. The van der Waals surface area contributed by atoms with Crippen LogP contribution in [0.3, 0.4) is 0 Å². The van der Waals surface area contributed by atoms with Gasteiger partial charge in [0.25, 0.3) is 5.91 Å². The summed E-state index contributed by atoms with van der Waals surface area (Å²) in [5.74, 6) is -0.0377. The van der Waals surface area contributed by atoms with E-state index in [4.69, 9.17) is 0 Å². The topological polar surface area (TPSA) is 65.9 Å². The number of carbonyl (C=O) groups is 2. The Hall–Kier alpha value is -2.86. The van der Waals surface area contributed by atoms with E-state index >= 15 is 0 Å². The van der Waals surface area contributed by atoms with Crippen molar-refractivity contribution in [2.24, 2.45) is 0 Å². The molecule has 1 aliphatic rings. The van der Waals surface area contributed by atoms with Gasteiger partial charge in [-0.05, 0) is 25.1 Å². The SMILES string of the molecule is CNC(=O)c1cccc(N[C@@H](C)C(=O)N2CC[NH+](Cc3ccccc3)CC2)c1. The van der Waals surface area contributed by atoms with Gasteiger partial charge in [-0.25, -0.2) is 0 Å². The molecule has 2 amide bonds. The molecule has 1 saturated heterocycles. The van der Waals surface area contributed by atoms with Crippen LogP contribution in [-0.4, -0.2) is 56.0 Å². The zero-order chi connectivity index (χ0) is 19.9. The van der Waals surface area contributed by atoms with Crippen LogP contribution < -0.4 is 15.5 Å². The summed E-state index contributed by atoms with van der Waals surface area (Å²) in [5.41, 5.74) is 2.68. The van der Waals surface area contributed by atoms with E-state index in [0.29, 0.717) is 5.56 Å². The molecule has 0 aromatic heterocycles. The number of nitrogens with zero attached hydrogens (tertiary/aromatic N) is 1. The molecule has 0 saturated carbocycles. The van der Waals surface area contributed by atoms with Crippen LogP contribution in [0.4, 0.5) is 5.69 Å². The lowest BCUT2D eigenvalue weighted by molar-refractivity contribution is -0.917. The fraction of sp³-hybridized carbons (Fsp3) is 0.364. The molecular weight excluding hydrogens is 352 g/mol. The van der Waals surface area contributed by atoms with Crippen LogP contribution >= 0.6 is 0 Å². The summed E-state index contributed by atoms with van der Waals surface area (Å²) in [6, 6.07) is 17.4. The molecule has 2 aromatic carbocycles. The minimum Gasteiger partial charge on any atom is -0.374 e. The highest BCUT2D eigenvalue weighted by Gasteiger charge is 2.27. The Balaban J connectivity index is 1.51. The molecular formula is C22H29N4O2+. The number of anilines is 1. The van der Waals surface area contributed by atoms with E-state index in [1.54, 1.807) is 19.2 Å². The predicted octanol–water partition coefficient (Wildman–Crippen LogP) is 0.774. The Morgan fingerprint density at radius 2 is 1.79 bits per heavy atom. The van der Waals surface area contributed by atoms with Gasteiger partial charge in [0.05, 0.1) is 26.2 Å². The quantitative estimate of drug-likeness (QED) is 0.693. The number of carbonyl (C=O) groups excluding carboxylic acids is 2. The van der Waals surface area contributed by atoms with E-state index in [2.05, 4.69) is 34.9 Å². The molecule has 1 atom stereocenters. The van der Waals surface area contributed by atoms with Gasteiger partial charge in [0.1, 0.15) is 12.6 Å². The van der Waals surface area contributed by atoms with Crippen molar-refractivity contribution in [2.45, 2.75) is 19.5 Å². The van der Waals surface area contributed by atoms with Gasteiger partial charge in [0.2, 0.25) is 5.91 Å². The van der Waals surface area contributed by atoms with Crippen molar-refractivity contribution in [1.82, 2.24) is 10.2 Å². The van der Waals surface area contributed by atoms with Crippen molar-refractivity contribution in [3.63, 3.8) is 0 Å². The zero-order valence-corrected chi connectivity index (χ0v) is 16.6. The highest BCUT2D eigenvalue weighted by molar-refractivity contribution is 5.95. The first-order valence-electron chi connectivity index (χ1n) is 9.82. The molecule has 3 rings (SSSR count). The predicted molar refractivity (Wildman–Crippen MR) is 110 cm³/mol. The molecule has 6 nitrogen and oxygen atoms in total. The maximum absolute atomic E-state index is 12.8. The van der Waals surface area contributed by atoms with Crippen LogP contribution in [0.5, 0.6) is 0 Å². The average molecular weight is 382 g/mol. The average Bonchev–Trinajstić information content (AvgIpc) is 2.74. The number of hydrogen-bond donors (Lipinski definition) is 3. The summed E-state index contributed by atoms with van der Waals surface area (Å²) >= 11 is 0. The number of amides is 2. The van der Waals surface area contributed by atoms with Gasteiger partial charge in [-0.3, -0.25) is 9.59 Å². The van der Waals surface area contributed by atoms with Crippen molar-refractivity contribution in [3.8, 4) is 0 Å². The van der Waals surface area contributed by atoms with E-state index < -0.39 is 0 Å². The summed E-state index contributed by atoms with van der Waals surface area (Å²) in [4.78, 5) is 28.0. The summed E-state index contributed by atoms with van der Waals surface area (Å²) in [5, 5.41) is 5.84. The van der Waals surface area contributed by atoms with Crippen molar-refractivity contribution < 1.29 is 14.5 Å². The maximum atomic E-state index is 12.8. The van der Waals surface area contributed by atoms with Crippen LogP contribution in [-0.2, 0) is 11.3 Å². The molecule has 1 heterocycles. The molecule has 0 radical (unpaired) electrons. The lowest BCUT2D eigenvalue weighted by Gasteiger charge is -2.34. The fourth-order valence-electron chi connectivity index (χ4n) is 3.58. The Morgan fingerprint density at radius 3 is 2.46 bits per heavy atom. The number of rotatable bonds is 6. The second-order valence-corrected chi connectivity index (χ2v) is 7.26. The van der Waals surface area contributed by atoms with Gasteiger partial charge >= 0.3 is 0 Å². The molecule has 0 aliphatic carbocycles. The van der Waals surface area contributed by atoms with Crippen molar-refractivity contribution in [2.75, 3.05) is 38.5 Å². The van der Waals surface area contributed by atoms with Crippen LogP contribution in [0.25, 0.3) is 0 Å². The van der Waals surface area contributed by atoms with Gasteiger partial charge in [0, 0.05) is 23.9 Å². The maximum Gasteiger partial charge on any atom is 0.251 e. The number of benzene rings is 2. The molecule has 0 spiro atoms. The Labute approximate surface area is 166 Å². The molecule has 0 unspecified atom stereocenters. The largest absolute Gasteiger partial charge is 0.374 e. The summed E-state index contributed by atoms with van der Waals surface area (Å²) < 4.78 is 0. The van der Waals surface area contributed by atoms with Crippen LogP contribution in [0.1, 0.15) is 22.8 Å². The van der Waals surface area contributed by atoms with E-state index in [0.717, 1.165) is 38.4 Å². The molecule has 0 bridgehead atoms. The van der Waals surface area contributed by atoms with E-state index in [9.17, 15) is 9.59 Å². The molecule has 1 fully saturated rings. The Morgan fingerprint density at radius 1 is 1.07 bits per heavy atom. The first kappa shape index (κ1) is 19.9. The van der Waals surface area contributed by atoms with Gasteiger partial charge < -0.3 is 20.4 Å². The second-order valence-electron chi connectivity index (χ2n) is 7.26. The van der Waals surface area contributed by atoms with Gasteiger partial charge in [-0.1, -0.05) is 36.4 Å². The van der Waals surface area contributed by atoms with E-state index in [-0.39, 0.29) is 17.9 Å².